The predicted molar refractivity (Wildman–Crippen MR) is 89.6 cm³/mol. The molecule has 0 radical (unpaired) electrons. The Balaban J connectivity index is 2.03. The number of aryl methyl sites for hydroxylation is 1. The number of nitrogens with one attached hydrogen (secondary N) is 3. The maximum absolute atomic E-state index is 11.8. The molecule has 8 nitrogen and oxygen atoms in total. The lowest BCUT2D eigenvalue weighted by atomic mass is 9.80. The second-order valence-electron chi connectivity index (χ2n) is 5.12. The van der Waals surface area contributed by atoms with Crippen LogP contribution in [0, 0.1) is 6.92 Å². The summed E-state index contributed by atoms with van der Waals surface area (Å²) in [6, 6.07) is 6.49. The third-order valence-electron chi connectivity index (χ3n) is 3.29. The fourth-order valence-corrected chi connectivity index (χ4v) is 2.08. The third-order valence-corrected chi connectivity index (χ3v) is 3.29. The van der Waals surface area contributed by atoms with E-state index in [1.807, 2.05) is 0 Å². The summed E-state index contributed by atoms with van der Waals surface area (Å²) in [5.41, 5.74) is 0.385. The van der Waals surface area contributed by atoms with Gasteiger partial charge in [0.15, 0.2) is 0 Å². The van der Waals surface area contributed by atoms with Crippen molar-refractivity contribution in [2.45, 2.75) is 13.5 Å². The van der Waals surface area contributed by atoms with E-state index < -0.39 is 24.3 Å². The fourth-order valence-electron chi connectivity index (χ4n) is 2.08. The van der Waals surface area contributed by atoms with Gasteiger partial charge in [0.05, 0.1) is 5.56 Å². The van der Waals surface area contributed by atoms with Gasteiger partial charge in [0.1, 0.15) is 0 Å². The lowest BCUT2D eigenvalue weighted by Gasteiger charge is -2.05. The molecular weight excluding hydrogens is 313 g/mol. The smallest absolute Gasteiger partial charge is 0.423 e. The molecule has 9 heteroatoms. The molecule has 0 aliphatic carbocycles. The molecule has 0 fully saturated rings. The minimum absolute atomic E-state index is 0.185. The van der Waals surface area contributed by atoms with E-state index >= 15 is 0 Å². The number of H-pyrrole nitrogens is 2. The SMILES string of the molecule is Cc1[nH]c(=O)[nH]c(=O)c1/C=C/C(=O)NCc1cccc(B(O)O)c1. The zero-order valence-electron chi connectivity index (χ0n) is 12.9. The normalized spacial score (nSPS) is 10.8. The lowest BCUT2D eigenvalue weighted by Crippen LogP contribution is -2.30. The van der Waals surface area contributed by atoms with Crippen molar-refractivity contribution in [3.63, 3.8) is 0 Å². The molecule has 1 aromatic heterocycles. The Bertz CT molecular complexity index is 885. The van der Waals surface area contributed by atoms with Gasteiger partial charge in [-0.05, 0) is 24.0 Å². The van der Waals surface area contributed by atoms with Crippen LogP contribution in [0.25, 0.3) is 6.08 Å². The summed E-state index contributed by atoms with van der Waals surface area (Å²) in [5, 5.41) is 20.8. The van der Waals surface area contributed by atoms with Gasteiger partial charge in [-0.2, -0.15) is 0 Å². The first-order valence-electron chi connectivity index (χ1n) is 7.11. The molecule has 0 atom stereocenters. The van der Waals surface area contributed by atoms with Crippen LogP contribution in [0.3, 0.4) is 0 Å². The molecule has 0 bridgehead atoms. The highest BCUT2D eigenvalue weighted by atomic mass is 16.4. The topological polar surface area (TPSA) is 135 Å². The minimum Gasteiger partial charge on any atom is -0.423 e. The van der Waals surface area contributed by atoms with Crippen LogP contribution >= 0.6 is 0 Å². The summed E-state index contributed by atoms with van der Waals surface area (Å²) in [7, 11) is -1.57. The highest BCUT2D eigenvalue weighted by Crippen LogP contribution is 1.99. The second-order valence-corrected chi connectivity index (χ2v) is 5.12. The van der Waals surface area contributed by atoms with Crippen molar-refractivity contribution in [2.24, 2.45) is 0 Å². The summed E-state index contributed by atoms with van der Waals surface area (Å²) < 4.78 is 0. The Labute approximate surface area is 137 Å². The van der Waals surface area contributed by atoms with E-state index in [1.54, 1.807) is 31.2 Å². The standard InChI is InChI=1S/C15H16BN3O5/c1-9-12(14(21)19-15(22)18-9)5-6-13(20)17-8-10-3-2-4-11(7-10)16(23)24/h2-7,23-24H,8H2,1H3,(H,17,20)(H2,18,19,21,22)/b6-5+. The molecule has 0 saturated carbocycles. The summed E-state index contributed by atoms with van der Waals surface area (Å²) in [6.07, 6.45) is 2.49. The molecule has 0 aliphatic heterocycles. The maximum atomic E-state index is 11.8. The van der Waals surface area contributed by atoms with Crippen LogP contribution in [-0.4, -0.2) is 33.0 Å². The van der Waals surface area contributed by atoms with Crippen LogP contribution in [0.1, 0.15) is 16.8 Å². The predicted octanol–water partition coefficient (Wildman–Crippen LogP) is -1.62. The largest absolute Gasteiger partial charge is 0.488 e. The zero-order valence-corrected chi connectivity index (χ0v) is 12.9. The molecule has 1 heterocycles. The van der Waals surface area contributed by atoms with Crippen LogP contribution in [-0.2, 0) is 11.3 Å². The molecule has 0 saturated heterocycles. The molecule has 0 aliphatic rings. The minimum atomic E-state index is -1.57. The number of aromatic amines is 2. The van der Waals surface area contributed by atoms with Crippen molar-refractivity contribution in [1.29, 1.82) is 0 Å². The number of hydrogen-bond donors (Lipinski definition) is 5. The monoisotopic (exact) mass is 329 g/mol. The second kappa shape index (κ2) is 7.58. The number of aromatic nitrogens is 2. The molecule has 1 amide bonds. The molecule has 0 unspecified atom stereocenters. The number of amides is 1. The molecule has 2 rings (SSSR count). The average Bonchev–Trinajstić information content (AvgIpc) is 2.52. The Morgan fingerprint density at radius 3 is 2.71 bits per heavy atom. The van der Waals surface area contributed by atoms with Gasteiger partial charge in [-0.3, -0.25) is 14.6 Å². The lowest BCUT2D eigenvalue weighted by molar-refractivity contribution is -0.116. The Morgan fingerprint density at radius 1 is 1.29 bits per heavy atom. The maximum Gasteiger partial charge on any atom is 0.488 e. The van der Waals surface area contributed by atoms with Crippen molar-refractivity contribution in [1.82, 2.24) is 15.3 Å². The van der Waals surface area contributed by atoms with E-state index in [-0.39, 0.29) is 12.1 Å². The van der Waals surface area contributed by atoms with Crippen molar-refractivity contribution < 1.29 is 14.8 Å². The van der Waals surface area contributed by atoms with Crippen molar-refractivity contribution in [3.05, 3.63) is 68.0 Å². The highest BCUT2D eigenvalue weighted by Gasteiger charge is 2.10. The van der Waals surface area contributed by atoms with Crippen LogP contribution < -0.4 is 22.0 Å². The molecule has 5 N–H and O–H groups in total. The number of carbonyl (C=O) groups is 1. The first-order chi connectivity index (χ1) is 11.4. The Hall–Kier alpha value is -2.91. The van der Waals surface area contributed by atoms with Crippen LogP contribution in [0.5, 0.6) is 0 Å². The number of carbonyl (C=O) groups excluding carboxylic acids is 1. The van der Waals surface area contributed by atoms with Crippen LogP contribution in [0.15, 0.2) is 39.9 Å². The number of rotatable bonds is 5. The Kier molecular flexibility index (Phi) is 5.51. The van der Waals surface area contributed by atoms with E-state index in [9.17, 15) is 14.4 Å². The van der Waals surface area contributed by atoms with Gasteiger partial charge in [-0.25, -0.2) is 4.79 Å². The number of benzene rings is 1. The highest BCUT2D eigenvalue weighted by molar-refractivity contribution is 6.58. The third kappa shape index (κ3) is 4.54. The van der Waals surface area contributed by atoms with E-state index in [0.29, 0.717) is 16.7 Å². The van der Waals surface area contributed by atoms with E-state index in [1.165, 1.54) is 12.2 Å². The molecule has 2 aromatic rings. The van der Waals surface area contributed by atoms with Gasteiger partial charge in [-0.1, -0.05) is 24.3 Å². The van der Waals surface area contributed by atoms with Gasteiger partial charge in [0, 0.05) is 18.3 Å². The quantitative estimate of drug-likeness (QED) is 0.332. The summed E-state index contributed by atoms with van der Waals surface area (Å²) in [5.74, 6) is -0.435. The average molecular weight is 329 g/mol. The van der Waals surface area contributed by atoms with Crippen LogP contribution in [0.4, 0.5) is 0 Å². The van der Waals surface area contributed by atoms with Crippen LogP contribution in [0.2, 0.25) is 0 Å². The van der Waals surface area contributed by atoms with Gasteiger partial charge in [-0.15, -0.1) is 0 Å². The van der Waals surface area contributed by atoms with E-state index in [2.05, 4.69) is 15.3 Å². The molecular formula is C15H16BN3O5. The fraction of sp³-hybridized carbons (Fsp3) is 0.133. The molecule has 124 valence electrons. The van der Waals surface area contributed by atoms with Gasteiger partial charge < -0.3 is 20.3 Å². The molecule has 24 heavy (non-hydrogen) atoms. The zero-order chi connectivity index (χ0) is 17.7. The first-order valence-corrected chi connectivity index (χ1v) is 7.11. The molecule has 0 spiro atoms. The van der Waals surface area contributed by atoms with E-state index in [4.69, 9.17) is 10.0 Å². The van der Waals surface area contributed by atoms with Gasteiger partial charge in [0.2, 0.25) is 5.91 Å². The van der Waals surface area contributed by atoms with Gasteiger partial charge >= 0.3 is 12.8 Å². The number of hydrogen-bond acceptors (Lipinski definition) is 5. The van der Waals surface area contributed by atoms with Crippen molar-refractivity contribution >= 4 is 24.6 Å². The van der Waals surface area contributed by atoms with Crippen molar-refractivity contribution in [3.8, 4) is 0 Å². The summed E-state index contributed by atoms with van der Waals surface area (Å²) in [6.45, 7) is 1.74. The first kappa shape index (κ1) is 17.4. The Morgan fingerprint density at radius 2 is 2.04 bits per heavy atom. The van der Waals surface area contributed by atoms with Crippen molar-refractivity contribution in [2.75, 3.05) is 0 Å². The van der Waals surface area contributed by atoms with Gasteiger partial charge in [0.25, 0.3) is 5.56 Å². The van der Waals surface area contributed by atoms with E-state index in [0.717, 1.165) is 0 Å². The summed E-state index contributed by atoms with van der Waals surface area (Å²) >= 11 is 0. The molecule has 1 aromatic carbocycles. The summed E-state index contributed by atoms with van der Waals surface area (Å²) in [4.78, 5) is 39.1.